The Balaban J connectivity index is 2.03. The molecule has 0 radical (unpaired) electrons. The molecule has 1 aromatic rings. The molecule has 1 atom stereocenters. The van der Waals surface area contributed by atoms with E-state index in [2.05, 4.69) is 0 Å². The molecule has 0 saturated carbocycles. The number of hydrogen-bond donors (Lipinski definition) is 0. The summed E-state index contributed by atoms with van der Waals surface area (Å²) in [5, 5.41) is 0. The van der Waals surface area contributed by atoms with Crippen LogP contribution in [0.3, 0.4) is 0 Å². The van der Waals surface area contributed by atoms with Crippen molar-refractivity contribution in [3.63, 3.8) is 0 Å². The molecule has 0 aromatic heterocycles. The summed E-state index contributed by atoms with van der Waals surface area (Å²) in [4.78, 5) is 25.6. The normalized spacial score (nSPS) is 17.3. The summed E-state index contributed by atoms with van der Waals surface area (Å²) in [7, 11) is -3.60. The van der Waals surface area contributed by atoms with E-state index in [4.69, 9.17) is 0 Å². The number of rotatable bonds is 6. The number of ketones is 1. The first-order valence-corrected chi connectivity index (χ1v) is 10.1. The van der Waals surface area contributed by atoms with E-state index in [9.17, 15) is 18.0 Å². The van der Waals surface area contributed by atoms with Gasteiger partial charge in [0.15, 0.2) is 5.78 Å². The van der Waals surface area contributed by atoms with Crippen LogP contribution in [-0.2, 0) is 14.8 Å². The van der Waals surface area contributed by atoms with Crippen molar-refractivity contribution in [3.8, 4) is 0 Å². The van der Waals surface area contributed by atoms with E-state index < -0.39 is 10.0 Å². The number of carbonyl (C=O) groups is 2. The molecule has 1 aliphatic heterocycles. The number of carbonyl (C=O) groups excluding carboxylic acids is 2. The fourth-order valence-electron chi connectivity index (χ4n) is 3.03. The minimum atomic E-state index is -3.60. The van der Waals surface area contributed by atoms with Crippen molar-refractivity contribution < 1.29 is 18.0 Å². The van der Waals surface area contributed by atoms with Crippen molar-refractivity contribution in [1.82, 2.24) is 9.21 Å². The first-order valence-electron chi connectivity index (χ1n) is 8.67. The Hall–Kier alpha value is -1.73. The van der Waals surface area contributed by atoms with Gasteiger partial charge in [-0.15, -0.1) is 0 Å². The van der Waals surface area contributed by atoms with Crippen LogP contribution in [0.4, 0.5) is 0 Å². The Morgan fingerprint density at radius 1 is 1.08 bits per heavy atom. The summed E-state index contributed by atoms with van der Waals surface area (Å²) in [6, 6.07) is 5.99. The van der Waals surface area contributed by atoms with E-state index in [0.717, 1.165) is 12.8 Å². The molecule has 2 rings (SSSR count). The number of piperazine rings is 1. The largest absolute Gasteiger partial charge is 0.340 e. The maximum Gasteiger partial charge on any atom is 0.243 e. The van der Waals surface area contributed by atoms with Crippen molar-refractivity contribution in [2.24, 2.45) is 5.92 Å². The number of nitrogens with zero attached hydrogens (tertiary/aromatic N) is 2. The van der Waals surface area contributed by atoms with Crippen LogP contribution in [0, 0.1) is 5.92 Å². The van der Waals surface area contributed by atoms with Gasteiger partial charge in [0.2, 0.25) is 15.9 Å². The predicted molar refractivity (Wildman–Crippen MR) is 95.9 cm³/mol. The quantitative estimate of drug-likeness (QED) is 0.723. The molecular weight excluding hydrogens is 340 g/mol. The molecule has 6 nitrogen and oxygen atoms in total. The van der Waals surface area contributed by atoms with Crippen LogP contribution in [0.1, 0.15) is 44.0 Å². The fourth-order valence-corrected chi connectivity index (χ4v) is 4.45. The van der Waals surface area contributed by atoms with Crippen LogP contribution in [0.25, 0.3) is 0 Å². The van der Waals surface area contributed by atoms with Crippen molar-refractivity contribution >= 4 is 21.7 Å². The van der Waals surface area contributed by atoms with Crippen LogP contribution in [0.2, 0.25) is 0 Å². The van der Waals surface area contributed by atoms with E-state index in [1.165, 1.54) is 35.5 Å². The molecule has 1 amide bonds. The smallest absolute Gasteiger partial charge is 0.243 e. The van der Waals surface area contributed by atoms with Gasteiger partial charge >= 0.3 is 0 Å². The monoisotopic (exact) mass is 366 g/mol. The Morgan fingerprint density at radius 3 is 2.12 bits per heavy atom. The maximum atomic E-state index is 12.7. The molecule has 0 N–H and O–H groups in total. The zero-order valence-electron chi connectivity index (χ0n) is 15.1. The predicted octanol–water partition coefficient (Wildman–Crippen LogP) is 2.16. The van der Waals surface area contributed by atoms with Gasteiger partial charge in [0, 0.05) is 37.7 Å². The lowest BCUT2D eigenvalue weighted by Crippen LogP contribution is -2.51. The fraction of sp³-hybridized carbons (Fsp3) is 0.556. The average Bonchev–Trinajstić information content (AvgIpc) is 2.61. The van der Waals surface area contributed by atoms with E-state index in [1.807, 2.05) is 13.8 Å². The SMILES string of the molecule is CCCC(C)C(=O)N1CCN(S(=O)(=O)c2ccc(C(C)=O)cc2)CC1. The Labute approximate surface area is 149 Å². The molecule has 0 spiro atoms. The molecule has 1 unspecified atom stereocenters. The summed E-state index contributed by atoms with van der Waals surface area (Å²) in [5.41, 5.74) is 0.485. The van der Waals surface area contributed by atoms with E-state index in [-0.39, 0.29) is 22.5 Å². The van der Waals surface area contributed by atoms with Crippen LogP contribution in [0.5, 0.6) is 0 Å². The highest BCUT2D eigenvalue weighted by Gasteiger charge is 2.31. The summed E-state index contributed by atoms with van der Waals surface area (Å²) in [6.45, 7) is 6.83. The summed E-state index contributed by atoms with van der Waals surface area (Å²) >= 11 is 0. The third kappa shape index (κ3) is 4.46. The molecule has 0 aliphatic carbocycles. The summed E-state index contributed by atoms with van der Waals surface area (Å²) in [5.74, 6) is -0.0192. The number of benzene rings is 1. The first kappa shape index (κ1) is 19.6. The van der Waals surface area contributed by atoms with Crippen molar-refractivity contribution in [2.45, 2.75) is 38.5 Å². The highest BCUT2D eigenvalue weighted by Crippen LogP contribution is 2.20. The van der Waals surface area contributed by atoms with Crippen molar-refractivity contribution in [1.29, 1.82) is 0 Å². The number of Topliss-reactive ketones (excluding diaryl/α,β-unsaturated/α-hetero) is 1. The Bertz CT molecular complexity index is 720. The minimum absolute atomic E-state index is 0.0210. The van der Waals surface area contributed by atoms with Crippen LogP contribution in [-0.4, -0.2) is 55.5 Å². The van der Waals surface area contributed by atoms with Gasteiger partial charge in [-0.1, -0.05) is 32.4 Å². The highest BCUT2D eigenvalue weighted by molar-refractivity contribution is 7.89. The second-order valence-electron chi connectivity index (χ2n) is 6.50. The topological polar surface area (TPSA) is 74.8 Å². The van der Waals surface area contributed by atoms with Gasteiger partial charge in [-0.3, -0.25) is 9.59 Å². The lowest BCUT2D eigenvalue weighted by atomic mass is 10.0. The molecule has 1 fully saturated rings. The Kier molecular flexibility index (Phi) is 6.35. The van der Waals surface area contributed by atoms with Gasteiger partial charge in [0.1, 0.15) is 0 Å². The summed E-state index contributed by atoms with van der Waals surface area (Å²) in [6.07, 6.45) is 1.80. The number of hydrogen-bond acceptors (Lipinski definition) is 4. The third-order valence-corrected chi connectivity index (χ3v) is 6.51. The lowest BCUT2D eigenvalue weighted by Gasteiger charge is -2.35. The van der Waals surface area contributed by atoms with Gasteiger partial charge < -0.3 is 4.90 Å². The van der Waals surface area contributed by atoms with Gasteiger partial charge in [-0.25, -0.2) is 8.42 Å². The van der Waals surface area contributed by atoms with Crippen molar-refractivity contribution in [2.75, 3.05) is 26.2 Å². The molecule has 138 valence electrons. The van der Waals surface area contributed by atoms with Gasteiger partial charge in [0.25, 0.3) is 0 Å². The molecule has 25 heavy (non-hydrogen) atoms. The van der Waals surface area contributed by atoms with Gasteiger partial charge in [-0.05, 0) is 25.5 Å². The second-order valence-corrected chi connectivity index (χ2v) is 8.44. The zero-order valence-corrected chi connectivity index (χ0v) is 15.9. The first-order chi connectivity index (χ1) is 11.8. The molecular formula is C18H26N2O4S. The lowest BCUT2D eigenvalue weighted by molar-refractivity contribution is -0.136. The van der Waals surface area contributed by atoms with Crippen LogP contribution in [0.15, 0.2) is 29.2 Å². The number of sulfonamides is 1. The number of amides is 1. The van der Waals surface area contributed by atoms with E-state index in [0.29, 0.717) is 31.7 Å². The Morgan fingerprint density at radius 2 is 1.64 bits per heavy atom. The standard InChI is InChI=1S/C18H26N2O4S/c1-4-5-14(2)18(22)19-10-12-20(13-11-19)25(23,24)17-8-6-16(7-9-17)15(3)21/h6-9,14H,4-5,10-13H2,1-3H3. The molecule has 1 aliphatic rings. The molecule has 0 bridgehead atoms. The molecule has 7 heteroatoms. The molecule has 1 heterocycles. The molecule has 1 aromatic carbocycles. The van der Waals surface area contributed by atoms with Crippen LogP contribution >= 0.6 is 0 Å². The van der Waals surface area contributed by atoms with Crippen LogP contribution < -0.4 is 0 Å². The van der Waals surface area contributed by atoms with E-state index in [1.54, 1.807) is 4.90 Å². The summed E-state index contributed by atoms with van der Waals surface area (Å²) < 4.78 is 26.8. The van der Waals surface area contributed by atoms with Gasteiger partial charge in [-0.2, -0.15) is 4.31 Å². The second kappa shape index (κ2) is 8.10. The minimum Gasteiger partial charge on any atom is -0.340 e. The average molecular weight is 366 g/mol. The van der Waals surface area contributed by atoms with Gasteiger partial charge in [0.05, 0.1) is 4.90 Å². The molecule has 1 saturated heterocycles. The maximum absolute atomic E-state index is 12.7. The zero-order chi connectivity index (χ0) is 18.6. The van der Waals surface area contributed by atoms with E-state index >= 15 is 0 Å². The highest BCUT2D eigenvalue weighted by atomic mass is 32.2. The van der Waals surface area contributed by atoms with Crippen molar-refractivity contribution in [3.05, 3.63) is 29.8 Å². The third-order valence-electron chi connectivity index (χ3n) is 4.59.